The van der Waals surface area contributed by atoms with Gasteiger partial charge in [0.1, 0.15) is 6.61 Å². The van der Waals surface area contributed by atoms with E-state index in [1.54, 1.807) is 12.1 Å². The topological polar surface area (TPSA) is 55.4 Å². The Kier molecular flexibility index (Phi) is 6.18. The number of sulfone groups is 1. The maximum absolute atomic E-state index is 11.8. The Balaban J connectivity index is 2.41. The van der Waals surface area contributed by atoms with Gasteiger partial charge in [-0.2, -0.15) is 13.2 Å². The predicted octanol–water partition coefficient (Wildman–Crippen LogP) is 2.32. The number of alkyl halides is 3. The molecule has 0 spiro atoms. The van der Waals surface area contributed by atoms with Crippen LogP contribution in [0.1, 0.15) is 18.5 Å². The summed E-state index contributed by atoms with van der Waals surface area (Å²) in [6, 6.07) is 6.23. The summed E-state index contributed by atoms with van der Waals surface area (Å²) in [7, 11) is -3.23. The van der Waals surface area contributed by atoms with Gasteiger partial charge >= 0.3 is 6.18 Å². The van der Waals surface area contributed by atoms with Crippen LogP contribution in [-0.2, 0) is 14.6 Å². The van der Waals surface area contributed by atoms with Crippen molar-refractivity contribution in [2.75, 3.05) is 26.0 Å². The molecule has 0 aromatic heterocycles. The summed E-state index contributed by atoms with van der Waals surface area (Å²) < 4.78 is 62.6. The molecule has 1 aromatic carbocycles. The Bertz CT molecular complexity index is 541. The van der Waals surface area contributed by atoms with Gasteiger partial charge in [-0.25, -0.2) is 8.42 Å². The summed E-state index contributed by atoms with van der Waals surface area (Å²) in [6.45, 7) is 0.793. The third-order valence-electron chi connectivity index (χ3n) is 2.77. The van der Waals surface area contributed by atoms with Crippen LogP contribution in [0.2, 0.25) is 0 Å². The molecular formula is C13H18F3NO3S. The second-order valence-electron chi connectivity index (χ2n) is 4.68. The van der Waals surface area contributed by atoms with E-state index >= 15 is 0 Å². The lowest BCUT2D eigenvalue weighted by atomic mass is 10.1. The van der Waals surface area contributed by atoms with Gasteiger partial charge in [-0.1, -0.05) is 12.1 Å². The molecule has 1 aromatic rings. The highest BCUT2D eigenvalue weighted by Crippen LogP contribution is 2.16. The van der Waals surface area contributed by atoms with Crippen LogP contribution in [0.4, 0.5) is 13.2 Å². The molecule has 0 saturated carbocycles. The quantitative estimate of drug-likeness (QED) is 0.782. The Morgan fingerprint density at radius 3 is 2.29 bits per heavy atom. The molecule has 0 bridgehead atoms. The fourth-order valence-corrected chi connectivity index (χ4v) is 2.29. The van der Waals surface area contributed by atoms with Crippen LogP contribution in [0.3, 0.4) is 0 Å². The largest absolute Gasteiger partial charge is 0.411 e. The molecule has 0 aliphatic carbocycles. The summed E-state index contributed by atoms with van der Waals surface area (Å²) in [5, 5.41) is 3.00. The van der Waals surface area contributed by atoms with Gasteiger partial charge < -0.3 is 10.1 Å². The number of benzene rings is 1. The lowest BCUT2D eigenvalue weighted by molar-refractivity contribution is -0.173. The SMILES string of the molecule is CC(NCCOCC(F)(F)F)c1ccc(S(C)(=O)=O)cc1. The van der Waals surface area contributed by atoms with Crippen LogP contribution in [-0.4, -0.2) is 40.6 Å². The second-order valence-corrected chi connectivity index (χ2v) is 6.70. The Hall–Kier alpha value is -1.12. The lowest BCUT2D eigenvalue weighted by Crippen LogP contribution is -2.26. The minimum atomic E-state index is -4.31. The Morgan fingerprint density at radius 2 is 1.81 bits per heavy atom. The first-order valence-electron chi connectivity index (χ1n) is 6.27. The second kappa shape index (κ2) is 7.24. The van der Waals surface area contributed by atoms with Crippen LogP contribution >= 0.6 is 0 Å². The average Bonchev–Trinajstić information content (AvgIpc) is 2.36. The van der Waals surface area contributed by atoms with Crippen molar-refractivity contribution in [3.05, 3.63) is 29.8 Å². The standard InChI is InChI=1S/C13H18F3NO3S/c1-10(17-7-8-20-9-13(14,15)16)11-3-5-12(6-4-11)21(2,18)19/h3-6,10,17H,7-9H2,1-2H3. The van der Waals surface area contributed by atoms with E-state index in [-0.39, 0.29) is 24.1 Å². The fourth-order valence-electron chi connectivity index (χ4n) is 1.66. The van der Waals surface area contributed by atoms with Crippen molar-refractivity contribution >= 4 is 9.84 Å². The predicted molar refractivity (Wildman–Crippen MR) is 72.8 cm³/mol. The molecule has 1 rings (SSSR count). The van der Waals surface area contributed by atoms with Gasteiger partial charge in [0.2, 0.25) is 0 Å². The summed E-state index contributed by atoms with van der Waals surface area (Å²) in [5.74, 6) is 0. The molecule has 0 fully saturated rings. The summed E-state index contributed by atoms with van der Waals surface area (Å²) in [5.41, 5.74) is 0.846. The van der Waals surface area contributed by atoms with E-state index in [0.29, 0.717) is 0 Å². The molecule has 0 amide bonds. The highest BCUT2D eigenvalue weighted by molar-refractivity contribution is 7.90. The number of hydrogen-bond acceptors (Lipinski definition) is 4. The van der Waals surface area contributed by atoms with E-state index in [0.717, 1.165) is 11.8 Å². The summed E-state index contributed by atoms with van der Waals surface area (Å²) in [6.07, 6.45) is -3.19. The Morgan fingerprint density at radius 1 is 1.24 bits per heavy atom. The summed E-state index contributed by atoms with van der Waals surface area (Å²) >= 11 is 0. The van der Waals surface area contributed by atoms with Crippen molar-refractivity contribution in [1.82, 2.24) is 5.32 Å². The summed E-state index contributed by atoms with van der Waals surface area (Å²) in [4.78, 5) is 0.229. The van der Waals surface area contributed by atoms with Gasteiger partial charge in [-0.3, -0.25) is 0 Å². The normalized spacial score (nSPS) is 14.1. The van der Waals surface area contributed by atoms with Gasteiger partial charge in [0.25, 0.3) is 0 Å². The molecular weight excluding hydrogens is 307 g/mol. The zero-order chi connectivity index (χ0) is 16.1. The van der Waals surface area contributed by atoms with Crippen molar-refractivity contribution in [1.29, 1.82) is 0 Å². The first-order chi connectivity index (χ1) is 9.59. The fraction of sp³-hybridized carbons (Fsp3) is 0.538. The van der Waals surface area contributed by atoms with E-state index in [4.69, 9.17) is 0 Å². The van der Waals surface area contributed by atoms with Gasteiger partial charge in [0.15, 0.2) is 9.84 Å². The molecule has 4 nitrogen and oxygen atoms in total. The molecule has 0 aliphatic rings. The van der Waals surface area contributed by atoms with Gasteiger partial charge in [0.05, 0.1) is 11.5 Å². The number of halogens is 3. The van der Waals surface area contributed by atoms with E-state index in [1.165, 1.54) is 12.1 Å². The van der Waals surface area contributed by atoms with Crippen LogP contribution in [0.25, 0.3) is 0 Å². The van der Waals surface area contributed by atoms with Crippen LogP contribution < -0.4 is 5.32 Å². The minimum Gasteiger partial charge on any atom is -0.371 e. The first-order valence-corrected chi connectivity index (χ1v) is 8.16. The number of rotatable bonds is 7. The van der Waals surface area contributed by atoms with Gasteiger partial charge in [0, 0.05) is 18.8 Å². The molecule has 0 heterocycles. The van der Waals surface area contributed by atoms with E-state index in [1.807, 2.05) is 6.92 Å². The molecule has 21 heavy (non-hydrogen) atoms. The monoisotopic (exact) mass is 325 g/mol. The number of hydrogen-bond donors (Lipinski definition) is 1. The van der Waals surface area contributed by atoms with Crippen molar-refractivity contribution in [2.45, 2.75) is 24.0 Å². The van der Waals surface area contributed by atoms with Crippen LogP contribution in [0.5, 0.6) is 0 Å². The van der Waals surface area contributed by atoms with Gasteiger partial charge in [-0.05, 0) is 24.6 Å². The van der Waals surface area contributed by atoms with Crippen LogP contribution in [0.15, 0.2) is 29.2 Å². The zero-order valence-corrected chi connectivity index (χ0v) is 12.6. The Labute approximate surface area is 122 Å². The maximum atomic E-state index is 11.8. The molecule has 0 saturated heterocycles. The van der Waals surface area contributed by atoms with E-state index in [2.05, 4.69) is 10.1 Å². The van der Waals surface area contributed by atoms with Crippen molar-refractivity contribution < 1.29 is 26.3 Å². The minimum absolute atomic E-state index is 0.0503. The molecule has 1 N–H and O–H groups in total. The molecule has 8 heteroatoms. The molecule has 120 valence electrons. The van der Waals surface area contributed by atoms with Crippen molar-refractivity contribution in [3.8, 4) is 0 Å². The first kappa shape index (κ1) is 17.9. The van der Waals surface area contributed by atoms with Crippen molar-refractivity contribution in [3.63, 3.8) is 0 Å². The van der Waals surface area contributed by atoms with E-state index in [9.17, 15) is 21.6 Å². The lowest BCUT2D eigenvalue weighted by Gasteiger charge is -2.15. The third-order valence-corrected chi connectivity index (χ3v) is 3.90. The smallest absolute Gasteiger partial charge is 0.371 e. The van der Waals surface area contributed by atoms with Gasteiger partial charge in [-0.15, -0.1) is 0 Å². The maximum Gasteiger partial charge on any atom is 0.411 e. The van der Waals surface area contributed by atoms with Crippen LogP contribution in [0, 0.1) is 0 Å². The van der Waals surface area contributed by atoms with E-state index < -0.39 is 22.6 Å². The molecule has 0 aliphatic heterocycles. The highest BCUT2D eigenvalue weighted by Gasteiger charge is 2.27. The molecule has 1 unspecified atom stereocenters. The average molecular weight is 325 g/mol. The zero-order valence-electron chi connectivity index (χ0n) is 11.8. The number of nitrogens with one attached hydrogen (secondary N) is 1. The number of ether oxygens (including phenoxy) is 1. The molecule has 0 radical (unpaired) electrons. The van der Waals surface area contributed by atoms with Crippen molar-refractivity contribution in [2.24, 2.45) is 0 Å². The highest BCUT2D eigenvalue weighted by atomic mass is 32.2. The third kappa shape index (κ3) is 6.92. The molecule has 1 atom stereocenters.